The van der Waals surface area contributed by atoms with Crippen molar-refractivity contribution in [2.24, 2.45) is 0 Å². The highest BCUT2D eigenvalue weighted by Gasteiger charge is 2.09. The van der Waals surface area contributed by atoms with Crippen LogP contribution >= 0.6 is 11.8 Å². The lowest BCUT2D eigenvalue weighted by Gasteiger charge is -2.13. The van der Waals surface area contributed by atoms with Gasteiger partial charge in [-0.05, 0) is 30.3 Å². The van der Waals surface area contributed by atoms with Gasteiger partial charge in [-0.1, -0.05) is 25.1 Å². The number of hydrogen-bond donors (Lipinski definition) is 1. The van der Waals surface area contributed by atoms with E-state index >= 15 is 0 Å². The third-order valence-corrected chi connectivity index (χ3v) is 3.72. The van der Waals surface area contributed by atoms with E-state index in [4.69, 9.17) is 0 Å². The zero-order valence-electron chi connectivity index (χ0n) is 10.6. The molecule has 1 unspecified atom stereocenters. The van der Waals surface area contributed by atoms with Crippen molar-refractivity contribution in [3.8, 4) is 0 Å². The SMILES string of the molecule is CC(CNc1ccccc1)Sc1cc(F)ccc1F. The highest BCUT2D eigenvalue weighted by atomic mass is 32.2. The fourth-order valence-electron chi connectivity index (χ4n) is 1.64. The molecule has 0 heterocycles. The Morgan fingerprint density at radius 2 is 1.84 bits per heavy atom. The van der Waals surface area contributed by atoms with E-state index < -0.39 is 5.82 Å². The van der Waals surface area contributed by atoms with Crippen molar-refractivity contribution in [1.29, 1.82) is 0 Å². The smallest absolute Gasteiger partial charge is 0.136 e. The molecule has 2 rings (SSSR count). The Bertz CT molecular complexity index is 531. The molecule has 0 spiro atoms. The Morgan fingerprint density at radius 1 is 1.11 bits per heavy atom. The number of hydrogen-bond acceptors (Lipinski definition) is 2. The highest BCUT2D eigenvalue weighted by molar-refractivity contribution is 8.00. The first-order valence-corrected chi connectivity index (χ1v) is 6.94. The van der Waals surface area contributed by atoms with Crippen molar-refractivity contribution in [2.45, 2.75) is 17.1 Å². The normalized spacial score (nSPS) is 12.2. The first-order valence-electron chi connectivity index (χ1n) is 6.06. The monoisotopic (exact) mass is 279 g/mol. The molecule has 1 atom stereocenters. The van der Waals surface area contributed by atoms with Gasteiger partial charge in [0.1, 0.15) is 11.6 Å². The minimum Gasteiger partial charge on any atom is -0.384 e. The van der Waals surface area contributed by atoms with Gasteiger partial charge in [0.2, 0.25) is 0 Å². The van der Waals surface area contributed by atoms with Crippen molar-refractivity contribution in [2.75, 3.05) is 11.9 Å². The van der Waals surface area contributed by atoms with Crippen LogP contribution in [-0.2, 0) is 0 Å². The van der Waals surface area contributed by atoms with Crippen LogP contribution in [0, 0.1) is 11.6 Å². The summed E-state index contributed by atoms with van der Waals surface area (Å²) in [6, 6.07) is 13.3. The summed E-state index contributed by atoms with van der Waals surface area (Å²) in [4.78, 5) is 0.349. The predicted molar refractivity (Wildman–Crippen MR) is 76.6 cm³/mol. The van der Waals surface area contributed by atoms with E-state index in [0.29, 0.717) is 11.4 Å². The Morgan fingerprint density at radius 3 is 2.58 bits per heavy atom. The second-order valence-electron chi connectivity index (χ2n) is 4.25. The van der Waals surface area contributed by atoms with Crippen LogP contribution < -0.4 is 5.32 Å². The molecule has 0 radical (unpaired) electrons. The molecule has 4 heteroatoms. The van der Waals surface area contributed by atoms with Gasteiger partial charge in [0.15, 0.2) is 0 Å². The van der Waals surface area contributed by atoms with E-state index in [1.54, 1.807) is 0 Å². The van der Waals surface area contributed by atoms with Crippen LogP contribution in [0.2, 0.25) is 0 Å². The molecule has 19 heavy (non-hydrogen) atoms. The zero-order chi connectivity index (χ0) is 13.7. The highest BCUT2D eigenvalue weighted by Crippen LogP contribution is 2.26. The van der Waals surface area contributed by atoms with Gasteiger partial charge in [-0.3, -0.25) is 0 Å². The van der Waals surface area contributed by atoms with Gasteiger partial charge in [-0.15, -0.1) is 11.8 Å². The van der Waals surface area contributed by atoms with Crippen LogP contribution in [0.3, 0.4) is 0 Å². The van der Waals surface area contributed by atoms with E-state index in [1.807, 2.05) is 37.3 Å². The topological polar surface area (TPSA) is 12.0 Å². The molecule has 100 valence electrons. The Kier molecular flexibility index (Phi) is 4.80. The number of halogens is 2. The quantitative estimate of drug-likeness (QED) is 0.805. The van der Waals surface area contributed by atoms with Gasteiger partial charge in [-0.2, -0.15) is 0 Å². The summed E-state index contributed by atoms with van der Waals surface area (Å²) in [6.45, 7) is 2.66. The van der Waals surface area contributed by atoms with Crippen LogP contribution in [0.4, 0.5) is 14.5 Å². The molecular weight excluding hydrogens is 264 g/mol. The van der Waals surface area contributed by atoms with Gasteiger partial charge in [0.05, 0.1) is 0 Å². The maximum atomic E-state index is 13.5. The van der Waals surface area contributed by atoms with Crippen LogP contribution in [0.25, 0.3) is 0 Å². The molecule has 1 N–H and O–H groups in total. The third kappa shape index (κ3) is 4.24. The molecular formula is C15H15F2NS. The first-order chi connectivity index (χ1) is 9.15. The number of nitrogens with one attached hydrogen (secondary N) is 1. The minimum atomic E-state index is -0.410. The molecule has 0 aliphatic heterocycles. The van der Waals surface area contributed by atoms with Crippen molar-refractivity contribution >= 4 is 17.4 Å². The molecule has 2 aromatic carbocycles. The molecule has 0 aromatic heterocycles. The van der Waals surface area contributed by atoms with Crippen molar-refractivity contribution < 1.29 is 8.78 Å². The van der Waals surface area contributed by atoms with Gasteiger partial charge < -0.3 is 5.32 Å². The van der Waals surface area contributed by atoms with Crippen molar-refractivity contribution in [3.63, 3.8) is 0 Å². The molecule has 0 bridgehead atoms. The lowest BCUT2D eigenvalue weighted by Crippen LogP contribution is -2.13. The zero-order valence-corrected chi connectivity index (χ0v) is 11.4. The van der Waals surface area contributed by atoms with Crippen LogP contribution in [0.15, 0.2) is 53.4 Å². The maximum absolute atomic E-state index is 13.5. The third-order valence-electron chi connectivity index (χ3n) is 2.59. The number of para-hydroxylation sites is 1. The van der Waals surface area contributed by atoms with Gasteiger partial charge in [-0.25, -0.2) is 8.78 Å². The van der Waals surface area contributed by atoms with E-state index in [9.17, 15) is 8.78 Å². The number of thioether (sulfide) groups is 1. The van der Waals surface area contributed by atoms with Crippen LogP contribution in [0.1, 0.15) is 6.92 Å². The van der Waals surface area contributed by atoms with Crippen LogP contribution in [0.5, 0.6) is 0 Å². The molecule has 2 aromatic rings. The van der Waals surface area contributed by atoms with E-state index in [-0.39, 0.29) is 11.1 Å². The minimum absolute atomic E-state index is 0.136. The summed E-state index contributed by atoms with van der Waals surface area (Å²) in [6.07, 6.45) is 0. The van der Waals surface area contributed by atoms with E-state index in [0.717, 1.165) is 17.8 Å². The number of anilines is 1. The Hall–Kier alpha value is -1.55. The standard InChI is InChI=1S/C15H15F2NS/c1-11(10-18-13-5-3-2-4-6-13)19-15-9-12(16)7-8-14(15)17/h2-9,11,18H,10H2,1H3. The predicted octanol–water partition coefficient (Wildman–Crippen LogP) is 4.56. The van der Waals surface area contributed by atoms with Gasteiger partial charge in [0, 0.05) is 22.4 Å². The second kappa shape index (κ2) is 6.57. The molecule has 0 saturated carbocycles. The molecule has 1 nitrogen and oxygen atoms in total. The lowest BCUT2D eigenvalue weighted by molar-refractivity contribution is 0.577. The summed E-state index contributed by atoms with van der Waals surface area (Å²) in [5, 5.41) is 3.40. The lowest BCUT2D eigenvalue weighted by atomic mass is 10.3. The summed E-state index contributed by atoms with van der Waals surface area (Å²) in [5.41, 5.74) is 1.02. The largest absolute Gasteiger partial charge is 0.384 e. The second-order valence-corrected chi connectivity index (χ2v) is 5.73. The molecule has 0 aliphatic rings. The molecule has 0 aliphatic carbocycles. The number of benzene rings is 2. The molecule has 0 saturated heterocycles. The van der Waals surface area contributed by atoms with Crippen LogP contribution in [-0.4, -0.2) is 11.8 Å². The fraction of sp³-hybridized carbons (Fsp3) is 0.200. The molecule has 0 amide bonds. The molecule has 0 fully saturated rings. The summed E-state index contributed by atoms with van der Waals surface area (Å²) in [5.74, 6) is -0.787. The number of rotatable bonds is 5. The fourth-order valence-corrected chi connectivity index (χ4v) is 2.60. The Balaban J connectivity index is 1.90. The van der Waals surface area contributed by atoms with Gasteiger partial charge >= 0.3 is 0 Å². The summed E-state index contributed by atoms with van der Waals surface area (Å²) < 4.78 is 26.5. The van der Waals surface area contributed by atoms with E-state index in [2.05, 4.69) is 5.32 Å². The summed E-state index contributed by atoms with van der Waals surface area (Å²) >= 11 is 1.33. The maximum Gasteiger partial charge on any atom is 0.136 e. The first kappa shape index (κ1) is 13.9. The average Bonchev–Trinajstić information content (AvgIpc) is 2.42. The van der Waals surface area contributed by atoms with Gasteiger partial charge in [0.25, 0.3) is 0 Å². The average molecular weight is 279 g/mol. The van der Waals surface area contributed by atoms with E-state index in [1.165, 1.54) is 17.8 Å². The van der Waals surface area contributed by atoms with Crippen molar-refractivity contribution in [1.82, 2.24) is 0 Å². The Labute approximate surface area is 116 Å². The summed E-state index contributed by atoms with van der Waals surface area (Å²) in [7, 11) is 0. The van der Waals surface area contributed by atoms with Crippen molar-refractivity contribution in [3.05, 3.63) is 60.2 Å².